The zero-order valence-corrected chi connectivity index (χ0v) is 11.6. The number of benzene rings is 1. The van der Waals surface area contributed by atoms with E-state index in [0.29, 0.717) is 12.0 Å². The third kappa shape index (κ3) is 2.62. The largest absolute Gasteiger partial charge is 0.264 e. The molecule has 1 aliphatic rings. The highest BCUT2D eigenvalue weighted by Crippen LogP contribution is 2.38. The monoisotopic (exact) mass is 268 g/mol. The lowest BCUT2D eigenvalue weighted by Crippen LogP contribution is -2.38. The molecular formula is C16H16N2O2. The van der Waals surface area contributed by atoms with E-state index >= 15 is 0 Å². The summed E-state index contributed by atoms with van der Waals surface area (Å²) < 4.78 is 0. The highest BCUT2D eigenvalue weighted by Gasteiger charge is 2.43. The average molecular weight is 268 g/mol. The Bertz CT molecular complexity index is 638. The Morgan fingerprint density at radius 3 is 2.55 bits per heavy atom. The number of nitriles is 1. The first kappa shape index (κ1) is 14.0. The second-order valence-electron chi connectivity index (χ2n) is 5.40. The molecule has 1 aromatic carbocycles. The van der Waals surface area contributed by atoms with Crippen LogP contribution in [-0.4, -0.2) is 10.5 Å². The van der Waals surface area contributed by atoms with Gasteiger partial charge in [-0.3, -0.25) is 10.1 Å². The van der Waals surface area contributed by atoms with Crippen molar-refractivity contribution in [3.05, 3.63) is 62.7 Å². The Kier molecular flexibility index (Phi) is 3.71. The van der Waals surface area contributed by atoms with Gasteiger partial charge in [0.25, 0.3) is 0 Å². The lowest BCUT2D eigenvalue weighted by molar-refractivity contribution is -0.564. The van der Waals surface area contributed by atoms with Crippen LogP contribution in [0.25, 0.3) is 6.08 Å². The Balaban J connectivity index is 2.49. The molecular weight excluding hydrogens is 252 g/mol. The van der Waals surface area contributed by atoms with Crippen molar-refractivity contribution in [1.29, 1.82) is 5.26 Å². The number of nitrogens with zero attached hydrogens (tertiary/aromatic N) is 2. The molecule has 4 nitrogen and oxygen atoms in total. The fraction of sp³-hybridized carbons (Fsp3) is 0.312. The van der Waals surface area contributed by atoms with Crippen LogP contribution in [0.5, 0.6) is 0 Å². The quantitative estimate of drug-likeness (QED) is 0.606. The molecule has 1 atom stereocenters. The summed E-state index contributed by atoms with van der Waals surface area (Å²) in [5, 5.41) is 20.5. The van der Waals surface area contributed by atoms with E-state index in [0.717, 1.165) is 16.7 Å². The first-order valence-electron chi connectivity index (χ1n) is 6.46. The van der Waals surface area contributed by atoms with Gasteiger partial charge in [0.1, 0.15) is 0 Å². The summed E-state index contributed by atoms with van der Waals surface area (Å²) in [6.45, 7) is 3.47. The van der Waals surface area contributed by atoms with Crippen molar-refractivity contribution in [2.75, 3.05) is 0 Å². The Morgan fingerprint density at radius 2 is 2.00 bits per heavy atom. The van der Waals surface area contributed by atoms with Crippen LogP contribution in [0.3, 0.4) is 0 Å². The van der Waals surface area contributed by atoms with Crippen molar-refractivity contribution in [1.82, 2.24) is 0 Å². The van der Waals surface area contributed by atoms with E-state index in [1.807, 2.05) is 43.3 Å². The molecule has 0 radical (unpaired) electrons. The van der Waals surface area contributed by atoms with Crippen LogP contribution in [-0.2, 0) is 0 Å². The zero-order chi connectivity index (χ0) is 14.8. The Hall–Kier alpha value is -2.41. The molecule has 20 heavy (non-hydrogen) atoms. The van der Waals surface area contributed by atoms with Crippen molar-refractivity contribution >= 4 is 6.08 Å². The van der Waals surface area contributed by atoms with Gasteiger partial charge >= 0.3 is 0 Å². The van der Waals surface area contributed by atoms with E-state index in [-0.39, 0.29) is 11.3 Å². The van der Waals surface area contributed by atoms with Gasteiger partial charge in [0.15, 0.2) is 0 Å². The SMILES string of the molecule is CC1=C(C#N)CC(C)([N+](=O)[O-])C/C1=C/c1ccccc1. The van der Waals surface area contributed by atoms with Crippen molar-refractivity contribution in [2.45, 2.75) is 32.2 Å². The number of allylic oxidation sites excluding steroid dienone is 1. The zero-order valence-electron chi connectivity index (χ0n) is 11.6. The average Bonchev–Trinajstić information content (AvgIpc) is 2.43. The van der Waals surface area contributed by atoms with Gasteiger partial charge in [-0.05, 0) is 23.6 Å². The van der Waals surface area contributed by atoms with Gasteiger partial charge in [-0.25, -0.2) is 0 Å². The smallest absolute Gasteiger partial charge is 0.228 e. The van der Waals surface area contributed by atoms with Gasteiger partial charge in [0.05, 0.1) is 12.5 Å². The summed E-state index contributed by atoms with van der Waals surface area (Å²) in [6.07, 6.45) is 2.49. The highest BCUT2D eigenvalue weighted by atomic mass is 16.6. The molecule has 0 aromatic heterocycles. The fourth-order valence-electron chi connectivity index (χ4n) is 2.47. The fourth-order valence-corrected chi connectivity index (χ4v) is 2.47. The van der Waals surface area contributed by atoms with Crippen molar-refractivity contribution in [3.63, 3.8) is 0 Å². The topological polar surface area (TPSA) is 66.9 Å². The number of rotatable bonds is 2. The van der Waals surface area contributed by atoms with E-state index in [2.05, 4.69) is 6.07 Å². The molecule has 0 heterocycles. The van der Waals surface area contributed by atoms with Gasteiger partial charge in [0.2, 0.25) is 5.54 Å². The van der Waals surface area contributed by atoms with Crippen LogP contribution in [0.4, 0.5) is 0 Å². The standard InChI is InChI=1S/C16H16N2O2/c1-12-14(8-13-6-4-3-5-7-13)9-16(2,18(19)20)10-15(12)11-17/h3-8H,9-10H2,1-2H3/b14-8-. The summed E-state index contributed by atoms with van der Waals surface area (Å²) in [5.41, 5.74) is 2.16. The van der Waals surface area contributed by atoms with Crippen LogP contribution in [0.15, 0.2) is 47.1 Å². The minimum Gasteiger partial charge on any atom is -0.264 e. The first-order chi connectivity index (χ1) is 9.46. The lowest BCUT2D eigenvalue weighted by Gasteiger charge is -2.28. The molecule has 4 heteroatoms. The van der Waals surface area contributed by atoms with Gasteiger partial charge in [-0.15, -0.1) is 0 Å². The van der Waals surface area contributed by atoms with E-state index in [4.69, 9.17) is 0 Å². The minimum atomic E-state index is -1.09. The van der Waals surface area contributed by atoms with E-state index in [1.54, 1.807) is 6.92 Å². The second-order valence-corrected chi connectivity index (χ2v) is 5.40. The minimum absolute atomic E-state index is 0.203. The summed E-state index contributed by atoms with van der Waals surface area (Å²) in [5.74, 6) is 0. The number of hydrogen-bond acceptors (Lipinski definition) is 3. The van der Waals surface area contributed by atoms with Crippen LogP contribution in [0.2, 0.25) is 0 Å². The van der Waals surface area contributed by atoms with Gasteiger partial charge < -0.3 is 0 Å². The number of hydrogen-bond donors (Lipinski definition) is 0. The molecule has 0 fully saturated rings. The molecule has 0 saturated heterocycles. The molecule has 0 spiro atoms. The van der Waals surface area contributed by atoms with Crippen LogP contribution < -0.4 is 0 Å². The second kappa shape index (κ2) is 5.30. The maximum atomic E-state index is 11.3. The van der Waals surface area contributed by atoms with E-state index in [9.17, 15) is 15.4 Å². The predicted octanol–water partition coefficient (Wildman–Crippen LogP) is 3.74. The molecule has 1 aromatic rings. The highest BCUT2D eigenvalue weighted by molar-refractivity contribution is 5.61. The summed E-state index contributed by atoms with van der Waals surface area (Å²) >= 11 is 0. The molecule has 1 aliphatic carbocycles. The first-order valence-corrected chi connectivity index (χ1v) is 6.46. The Morgan fingerprint density at radius 1 is 1.35 bits per heavy atom. The van der Waals surface area contributed by atoms with Crippen LogP contribution >= 0.6 is 0 Å². The molecule has 0 saturated carbocycles. The molecule has 2 rings (SSSR count). The van der Waals surface area contributed by atoms with Gasteiger partial charge in [0, 0.05) is 23.8 Å². The molecule has 1 unspecified atom stereocenters. The van der Waals surface area contributed by atoms with E-state index < -0.39 is 5.54 Å². The summed E-state index contributed by atoms with van der Waals surface area (Å²) in [6, 6.07) is 11.8. The maximum absolute atomic E-state index is 11.3. The van der Waals surface area contributed by atoms with Crippen LogP contribution in [0.1, 0.15) is 32.3 Å². The molecule has 0 bridgehead atoms. The van der Waals surface area contributed by atoms with Crippen molar-refractivity contribution in [3.8, 4) is 6.07 Å². The lowest BCUT2D eigenvalue weighted by atomic mass is 9.77. The summed E-state index contributed by atoms with van der Waals surface area (Å²) in [4.78, 5) is 11.0. The molecule has 0 N–H and O–H groups in total. The molecule has 102 valence electrons. The molecule has 0 amide bonds. The third-order valence-electron chi connectivity index (χ3n) is 3.78. The normalized spacial score (nSPS) is 24.6. The van der Waals surface area contributed by atoms with Crippen molar-refractivity contribution < 1.29 is 4.92 Å². The van der Waals surface area contributed by atoms with Crippen molar-refractivity contribution in [2.24, 2.45) is 0 Å². The summed E-state index contributed by atoms with van der Waals surface area (Å²) in [7, 11) is 0. The van der Waals surface area contributed by atoms with Gasteiger partial charge in [-0.2, -0.15) is 5.26 Å². The van der Waals surface area contributed by atoms with Gasteiger partial charge in [-0.1, -0.05) is 36.4 Å². The third-order valence-corrected chi connectivity index (χ3v) is 3.78. The molecule has 0 aliphatic heterocycles. The predicted molar refractivity (Wildman–Crippen MR) is 77.4 cm³/mol. The maximum Gasteiger partial charge on any atom is 0.228 e. The van der Waals surface area contributed by atoms with E-state index in [1.165, 1.54) is 0 Å². The van der Waals surface area contributed by atoms with Crippen LogP contribution in [0, 0.1) is 21.4 Å². The number of nitro groups is 1. The Labute approximate surface area is 118 Å².